The summed E-state index contributed by atoms with van der Waals surface area (Å²) < 4.78 is 0. The summed E-state index contributed by atoms with van der Waals surface area (Å²) in [5, 5.41) is 11.0. The van der Waals surface area contributed by atoms with Gasteiger partial charge in [0.2, 0.25) is 5.91 Å². The van der Waals surface area contributed by atoms with Gasteiger partial charge in [-0.3, -0.25) is 4.79 Å². The van der Waals surface area contributed by atoms with Crippen molar-refractivity contribution in [3.05, 3.63) is 0 Å². The van der Waals surface area contributed by atoms with Crippen LogP contribution in [-0.2, 0) is 4.79 Å². The number of hydrogen-bond acceptors (Lipinski definition) is 2. The molecular weight excluding hydrogens is 188 g/mol. The highest BCUT2D eigenvalue weighted by atomic mass is 16.1. The summed E-state index contributed by atoms with van der Waals surface area (Å²) in [4.78, 5) is 11.5. The molecule has 0 aliphatic carbocycles. The Bertz CT molecular complexity index is 208. The average Bonchev–Trinajstić information content (AvgIpc) is 2.26. The molecule has 0 aromatic carbocycles. The van der Waals surface area contributed by atoms with Crippen molar-refractivity contribution < 1.29 is 4.79 Å². The Morgan fingerprint density at radius 1 is 1.33 bits per heavy atom. The number of carbonyl (C=O) groups is 1. The molecule has 86 valence electrons. The van der Waals surface area contributed by atoms with Crippen LogP contribution in [0.15, 0.2) is 0 Å². The number of nitriles is 1. The smallest absolute Gasteiger partial charge is 0.223 e. The molecule has 0 bridgehead atoms. The monoisotopic (exact) mass is 210 g/mol. The van der Waals surface area contributed by atoms with Crippen LogP contribution in [0.2, 0.25) is 0 Å². The number of nitrogens with one attached hydrogen (secondary N) is 1. The van der Waals surface area contributed by atoms with Crippen LogP contribution in [0.3, 0.4) is 0 Å². The summed E-state index contributed by atoms with van der Waals surface area (Å²) in [5.41, 5.74) is 0. The van der Waals surface area contributed by atoms with Crippen molar-refractivity contribution in [1.29, 1.82) is 5.26 Å². The van der Waals surface area contributed by atoms with E-state index in [-0.39, 0.29) is 18.4 Å². The molecule has 0 radical (unpaired) electrons. The Morgan fingerprint density at radius 3 is 2.60 bits per heavy atom. The predicted octanol–water partition coefficient (Wildman–Crippen LogP) is 2.62. The summed E-state index contributed by atoms with van der Waals surface area (Å²) in [6, 6.07) is 1.92. The lowest BCUT2D eigenvalue weighted by Gasteiger charge is -2.13. The standard InChI is InChI=1S/C12H22N2O/c1-3-5-6-7-8-11(4-2)12(15)14-10-9-13/h11H,3-8,10H2,1-2H3,(H,14,15)/t11-/m0/s1. The van der Waals surface area contributed by atoms with Gasteiger partial charge < -0.3 is 5.32 Å². The van der Waals surface area contributed by atoms with Crippen molar-refractivity contribution in [3.8, 4) is 6.07 Å². The average molecular weight is 210 g/mol. The van der Waals surface area contributed by atoms with E-state index in [2.05, 4.69) is 12.2 Å². The second-order valence-corrected chi connectivity index (χ2v) is 3.83. The Morgan fingerprint density at radius 2 is 2.07 bits per heavy atom. The zero-order chi connectivity index (χ0) is 11.5. The quantitative estimate of drug-likeness (QED) is 0.494. The number of nitrogens with zero attached hydrogens (tertiary/aromatic N) is 1. The fourth-order valence-electron chi connectivity index (χ4n) is 1.61. The Kier molecular flexibility index (Phi) is 8.85. The van der Waals surface area contributed by atoms with Gasteiger partial charge in [0.15, 0.2) is 0 Å². The van der Waals surface area contributed by atoms with Crippen molar-refractivity contribution >= 4 is 5.91 Å². The van der Waals surface area contributed by atoms with Crippen LogP contribution in [0.25, 0.3) is 0 Å². The van der Waals surface area contributed by atoms with Gasteiger partial charge in [0.1, 0.15) is 6.54 Å². The first-order valence-electron chi connectivity index (χ1n) is 5.90. The van der Waals surface area contributed by atoms with Crippen LogP contribution in [0, 0.1) is 17.2 Å². The first-order chi connectivity index (χ1) is 7.26. The number of carbonyl (C=O) groups excluding carboxylic acids is 1. The van der Waals surface area contributed by atoms with Crippen LogP contribution in [0.5, 0.6) is 0 Å². The molecule has 15 heavy (non-hydrogen) atoms. The molecule has 0 aromatic rings. The molecule has 3 nitrogen and oxygen atoms in total. The number of hydrogen-bond donors (Lipinski definition) is 1. The van der Waals surface area contributed by atoms with Gasteiger partial charge in [0.05, 0.1) is 6.07 Å². The van der Waals surface area contributed by atoms with E-state index < -0.39 is 0 Å². The molecule has 0 aliphatic rings. The van der Waals surface area contributed by atoms with E-state index in [4.69, 9.17) is 5.26 Å². The third-order valence-electron chi connectivity index (χ3n) is 2.61. The van der Waals surface area contributed by atoms with Crippen LogP contribution < -0.4 is 5.32 Å². The van der Waals surface area contributed by atoms with Crippen molar-refractivity contribution in [2.45, 2.75) is 52.4 Å². The zero-order valence-electron chi connectivity index (χ0n) is 9.88. The molecule has 0 saturated carbocycles. The number of unbranched alkanes of at least 4 members (excludes halogenated alkanes) is 3. The van der Waals surface area contributed by atoms with Gasteiger partial charge in [-0.1, -0.05) is 39.5 Å². The lowest BCUT2D eigenvalue weighted by molar-refractivity contribution is -0.125. The molecule has 0 aliphatic heterocycles. The van der Waals surface area contributed by atoms with E-state index in [9.17, 15) is 4.79 Å². The minimum absolute atomic E-state index is 0.0375. The summed E-state index contributed by atoms with van der Waals surface area (Å²) in [7, 11) is 0. The Labute approximate surface area is 92.9 Å². The minimum atomic E-state index is 0.0375. The van der Waals surface area contributed by atoms with E-state index in [1.54, 1.807) is 0 Å². The molecule has 1 N–H and O–H groups in total. The van der Waals surface area contributed by atoms with E-state index in [1.165, 1.54) is 19.3 Å². The maximum Gasteiger partial charge on any atom is 0.223 e. The summed E-state index contributed by atoms with van der Waals surface area (Å²) in [6.07, 6.45) is 6.61. The highest BCUT2D eigenvalue weighted by Gasteiger charge is 2.14. The summed E-state index contributed by atoms with van der Waals surface area (Å²) >= 11 is 0. The fraction of sp³-hybridized carbons (Fsp3) is 0.833. The van der Waals surface area contributed by atoms with Crippen LogP contribution in [-0.4, -0.2) is 12.5 Å². The van der Waals surface area contributed by atoms with Gasteiger partial charge in [0.25, 0.3) is 0 Å². The highest BCUT2D eigenvalue weighted by Crippen LogP contribution is 2.14. The molecule has 0 saturated heterocycles. The fourth-order valence-corrected chi connectivity index (χ4v) is 1.61. The first-order valence-corrected chi connectivity index (χ1v) is 5.90. The van der Waals surface area contributed by atoms with Gasteiger partial charge in [-0.05, 0) is 12.8 Å². The van der Waals surface area contributed by atoms with E-state index in [1.807, 2.05) is 13.0 Å². The highest BCUT2D eigenvalue weighted by molar-refractivity contribution is 5.78. The van der Waals surface area contributed by atoms with Gasteiger partial charge in [0, 0.05) is 5.92 Å². The predicted molar refractivity (Wildman–Crippen MR) is 61.2 cm³/mol. The lowest BCUT2D eigenvalue weighted by Crippen LogP contribution is -2.30. The molecular formula is C12H22N2O. The topological polar surface area (TPSA) is 52.9 Å². The SMILES string of the molecule is CCCCCC[C@H](CC)C(=O)NCC#N. The van der Waals surface area contributed by atoms with Gasteiger partial charge in [-0.2, -0.15) is 5.26 Å². The first kappa shape index (κ1) is 14.0. The normalized spacial score (nSPS) is 11.8. The number of rotatable bonds is 8. The molecule has 0 rings (SSSR count). The largest absolute Gasteiger partial charge is 0.343 e. The molecule has 0 fully saturated rings. The van der Waals surface area contributed by atoms with Gasteiger partial charge >= 0.3 is 0 Å². The molecule has 1 amide bonds. The van der Waals surface area contributed by atoms with Crippen molar-refractivity contribution in [1.82, 2.24) is 5.32 Å². The molecule has 3 heteroatoms. The maximum atomic E-state index is 11.5. The van der Waals surface area contributed by atoms with E-state index in [0.717, 1.165) is 19.3 Å². The Balaban J connectivity index is 3.71. The second kappa shape index (κ2) is 9.51. The molecule has 0 aromatic heterocycles. The van der Waals surface area contributed by atoms with Crippen LogP contribution in [0.1, 0.15) is 52.4 Å². The third kappa shape index (κ3) is 6.96. The minimum Gasteiger partial charge on any atom is -0.343 e. The van der Waals surface area contributed by atoms with Crippen LogP contribution in [0.4, 0.5) is 0 Å². The molecule has 1 atom stereocenters. The third-order valence-corrected chi connectivity index (χ3v) is 2.61. The van der Waals surface area contributed by atoms with E-state index >= 15 is 0 Å². The maximum absolute atomic E-state index is 11.5. The second-order valence-electron chi connectivity index (χ2n) is 3.83. The summed E-state index contributed by atoms with van der Waals surface area (Å²) in [5.74, 6) is 0.130. The Hall–Kier alpha value is -1.04. The van der Waals surface area contributed by atoms with Crippen LogP contribution >= 0.6 is 0 Å². The number of amides is 1. The van der Waals surface area contributed by atoms with Crippen molar-refractivity contribution in [3.63, 3.8) is 0 Å². The van der Waals surface area contributed by atoms with E-state index in [0.29, 0.717) is 0 Å². The van der Waals surface area contributed by atoms with Gasteiger partial charge in [-0.25, -0.2) is 0 Å². The zero-order valence-corrected chi connectivity index (χ0v) is 9.88. The van der Waals surface area contributed by atoms with Crippen molar-refractivity contribution in [2.24, 2.45) is 5.92 Å². The molecule has 0 unspecified atom stereocenters. The summed E-state index contributed by atoms with van der Waals surface area (Å²) in [6.45, 7) is 4.33. The van der Waals surface area contributed by atoms with Crippen molar-refractivity contribution in [2.75, 3.05) is 6.54 Å². The van der Waals surface area contributed by atoms with Gasteiger partial charge in [-0.15, -0.1) is 0 Å². The molecule has 0 heterocycles. The lowest BCUT2D eigenvalue weighted by atomic mass is 9.97. The molecule has 0 spiro atoms.